The summed E-state index contributed by atoms with van der Waals surface area (Å²) in [6.07, 6.45) is -0.749. The molecule has 0 saturated heterocycles. The molecule has 0 bridgehead atoms. The van der Waals surface area contributed by atoms with Crippen LogP contribution in [-0.2, 0) is 11.2 Å². The van der Waals surface area contributed by atoms with Gasteiger partial charge in [-0.1, -0.05) is 48.5 Å². The third-order valence-corrected chi connectivity index (χ3v) is 3.95. The van der Waals surface area contributed by atoms with Crippen molar-refractivity contribution in [2.75, 3.05) is 6.61 Å². The van der Waals surface area contributed by atoms with Crippen molar-refractivity contribution in [3.8, 4) is 11.5 Å². The number of hydrogen-bond donors (Lipinski definition) is 1. The first-order chi connectivity index (χ1) is 12.2. The van der Waals surface area contributed by atoms with E-state index < -0.39 is 12.1 Å². The molecule has 3 aromatic carbocycles. The number of ether oxygens (including phenoxy) is 2. The van der Waals surface area contributed by atoms with Crippen LogP contribution >= 0.6 is 0 Å². The van der Waals surface area contributed by atoms with E-state index in [0.717, 1.165) is 16.3 Å². The molecule has 0 radical (unpaired) electrons. The van der Waals surface area contributed by atoms with Gasteiger partial charge in [-0.15, -0.1) is 0 Å². The van der Waals surface area contributed by atoms with Gasteiger partial charge in [-0.2, -0.15) is 0 Å². The van der Waals surface area contributed by atoms with Gasteiger partial charge in [0.15, 0.2) is 6.10 Å². The third kappa shape index (κ3) is 4.10. The first kappa shape index (κ1) is 16.8. The minimum atomic E-state index is -1.00. The Morgan fingerprint density at radius 2 is 1.72 bits per heavy atom. The molecule has 3 aromatic rings. The molecule has 0 aliphatic carbocycles. The zero-order chi connectivity index (χ0) is 17.6. The summed E-state index contributed by atoms with van der Waals surface area (Å²) in [4.78, 5) is 11.7. The average molecular weight is 336 g/mol. The molecule has 0 saturated carbocycles. The molecule has 3 rings (SSSR count). The molecule has 4 heteroatoms. The number of fused-ring (bicyclic) bond motifs is 1. The SMILES string of the molecule is CCOc1ccccc1C[C@@H](Oc1ccc2ccccc2c1)C(=O)O. The van der Waals surface area contributed by atoms with Crippen molar-refractivity contribution < 1.29 is 19.4 Å². The van der Waals surface area contributed by atoms with Crippen molar-refractivity contribution in [3.05, 3.63) is 72.3 Å². The first-order valence-corrected chi connectivity index (χ1v) is 8.26. The van der Waals surface area contributed by atoms with E-state index in [1.54, 1.807) is 6.07 Å². The number of carboxylic acids is 1. The van der Waals surface area contributed by atoms with E-state index in [1.165, 1.54) is 0 Å². The lowest BCUT2D eigenvalue weighted by molar-refractivity contribution is -0.145. The van der Waals surface area contributed by atoms with Gasteiger partial charge >= 0.3 is 5.97 Å². The largest absolute Gasteiger partial charge is 0.494 e. The Labute approximate surface area is 146 Å². The fourth-order valence-electron chi connectivity index (χ4n) is 2.75. The maximum absolute atomic E-state index is 11.7. The Morgan fingerprint density at radius 3 is 2.48 bits per heavy atom. The van der Waals surface area contributed by atoms with Crippen molar-refractivity contribution >= 4 is 16.7 Å². The van der Waals surface area contributed by atoms with Crippen molar-refractivity contribution in [2.45, 2.75) is 19.4 Å². The predicted octanol–water partition coefficient (Wildman–Crippen LogP) is 4.31. The van der Waals surface area contributed by atoms with E-state index >= 15 is 0 Å². The quantitative estimate of drug-likeness (QED) is 0.698. The van der Waals surface area contributed by atoms with E-state index in [9.17, 15) is 9.90 Å². The van der Waals surface area contributed by atoms with Gasteiger partial charge in [0.25, 0.3) is 0 Å². The number of benzene rings is 3. The maximum Gasteiger partial charge on any atom is 0.345 e. The Balaban J connectivity index is 1.82. The highest BCUT2D eigenvalue weighted by atomic mass is 16.5. The van der Waals surface area contributed by atoms with E-state index in [4.69, 9.17) is 9.47 Å². The van der Waals surface area contributed by atoms with Crippen LogP contribution in [-0.4, -0.2) is 23.8 Å². The number of carbonyl (C=O) groups is 1. The van der Waals surface area contributed by atoms with Crippen molar-refractivity contribution in [3.63, 3.8) is 0 Å². The molecule has 0 amide bonds. The summed E-state index contributed by atoms with van der Waals surface area (Å²) in [5, 5.41) is 11.7. The summed E-state index contributed by atoms with van der Waals surface area (Å²) in [6.45, 7) is 2.43. The lowest BCUT2D eigenvalue weighted by atomic mass is 10.1. The van der Waals surface area contributed by atoms with E-state index in [2.05, 4.69) is 0 Å². The summed E-state index contributed by atoms with van der Waals surface area (Å²) >= 11 is 0. The number of hydrogen-bond acceptors (Lipinski definition) is 3. The van der Waals surface area contributed by atoms with Gasteiger partial charge in [0, 0.05) is 6.42 Å². The minimum absolute atomic E-state index is 0.234. The number of carboxylic acid groups (broad SMARTS) is 1. The maximum atomic E-state index is 11.7. The molecule has 1 N–H and O–H groups in total. The number of para-hydroxylation sites is 1. The topological polar surface area (TPSA) is 55.8 Å². The molecule has 0 aliphatic heterocycles. The van der Waals surface area contributed by atoms with Gasteiger partial charge in [-0.3, -0.25) is 0 Å². The highest BCUT2D eigenvalue weighted by Crippen LogP contribution is 2.24. The van der Waals surface area contributed by atoms with Crippen molar-refractivity contribution in [2.24, 2.45) is 0 Å². The van der Waals surface area contributed by atoms with E-state index in [-0.39, 0.29) is 6.42 Å². The monoisotopic (exact) mass is 336 g/mol. The van der Waals surface area contributed by atoms with Gasteiger partial charge in [-0.05, 0) is 41.5 Å². The van der Waals surface area contributed by atoms with Gasteiger partial charge in [-0.25, -0.2) is 4.79 Å². The standard InChI is InChI=1S/C21H20O4/c1-2-24-19-10-6-5-9-17(19)14-20(21(22)23)25-18-12-11-15-7-3-4-8-16(15)13-18/h3-13,20H,2,14H2,1H3,(H,22,23)/t20-/m1/s1. The molecule has 1 atom stereocenters. The molecule has 128 valence electrons. The second-order valence-corrected chi connectivity index (χ2v) is 5.70. The van der Waals surface area contributed by atoms with Crippen molar-refractivity contribution in [1.82, 2.24) is 0 Å². The second kappa shape index (κ2) is 7.71. The Hall–Kier alpha value is -3.01. The molecule has 25 heavy (non-hydrogen) atoms. The fourth-order valence-corrected chi connectivity index (χ4v) is 2.75. The smallest absolute Gasteiger partial charge is 0.345 e. The Kier molecular flexibility index (Phi) is 5.19. The molecule has 0 unspecified atom stereocenters. The molecule has 0 aromatic heterocycles. The van der Waals surface area contributed by atoms with E-state index in [0.29, 0.717) is 18.1 Å². The zero-order valence-electron chi connectivity index (χ0n) is 14.0. The second-order valence-electron chi connectivity index (χ2n) is 5.70. The molecular formula is C21H20O4. The van der Waals surface area contributed by atoms with E-state index in [1.807, 2.05) is 67.6 Å². The minimum Gasteiger partial charge on any atom is -0.494 e. The van der Waals surface area contributed by atoms with Crippen LogP contribution in [0.4, 0.5) is 0 Å². The third-order valence-electron chi connectivity index (χ3n) is 3.95. The molecular weight excluding hydrogens is 316 g/mol. The summed E-state index contributed by atoms with van der Waals surface area (Å²) < 4.78 is 11.3. The summed E-state index contributed by atoms with van der Waals surface area (Å²) in [5.41, 5.74) is 0.817. The molecule has 0 fully saturated rings. The van der Waals surface area contributed by atoms with Gasteiger partial charge in [0.1, 0.15) is 11.5 Å². The Bertz CT molecular complexity index is 872. The van der Waals surface area contributed by atoms with Gasteiger partial charge in [0.2, 0.25) is 0 Å². The van der Waals surface area contributed by atoms with Crippen LogP contribution in [0, 0.1) is 0 Å². The molecule has 0 heterocycles. The lowest BCUT2D eigenvalue weighted by Gasteiger charge is -2.17. The summed E-state index contributed by atoms with van der Waals surface area (Å²) in [5.74, 6) is 0.234. The normalized spacial score (nSPS) is 11.9. The van der Waals surface area contributed by atoms with Crippen LogP contribution < -0.4 is 9.47 Å². The summed E-state index contributed by atoms with van der Waals surface area (Å²) in [6, 6.07) is 20.9. The molecule has 0 aliphatic rings. The van der Waals surface area contributed by atoms with Gasteiger partial charge < -0.3 is 14.6 Å². The fraction of sp³-hybridized carbons (Fsp3) is 0.190. The highest BCUT2D eigenvalue weighted by molar-refractivity contribution is 5.84. The van der Waals surface area contributed by atoms with Crippen LogP contribution in [0.25, 0.3) is 10.8 Å². The average Bonchev–Trinajstić information content (AvgIpc) is 2.62. The van der Waals surface area contributed by atoms with Crippen LogP contribution in [0.1, 0.15) is 12.5 Å². The zero-order valence-corrected chi connectivity index (χ0v) is 14.0. The van der Waals surface area contributed by atoms with Crippen LogP contribution in [0.5, 0.6) is 11.5 Å². The highest BCUT2D eigenvalue weighted by Gasteiger charge is 2.22. The van der Waals surface area contributed by atoms with Crippen molar-refractivity contribution in [1.29, 1.82) is 0 Å². The van der Waals surface area contributed by atoms with Crippen LogP contribution in [0.3, 0.4) is 0 Å². The first-order valence-electron chi connectivity index (χ1n) is 8.26. The van der Waals surface area contributed by atoms with Crippen LogP contribution in [0.15, 0.2) is 66.7 Å². The number of aliphatic carboxylic acids is 1. The van der Waals surface area contributed by atoms with Gasteiger partial charge in [0.05, 0.1) is 6.61 Å². The predicted molar refractivity (Wildman–Crippen MR) is 97.3 cm³/mol. The lowest BCUT2D eigenvalue weighted by Crippen LogP contribution is -2.29. The molecule has 4 nitrogen and oxygen atoms in total. The van der Waals surface area contributed by atoms with Crippen LogP contribution in [0.2, 0.25) is 0 Å². The Morgan fingerprint density at radius 1 is 1.00 bits per heavy atom. The number of rotatable bonds is 7. The summed E-state index contributed by atoms with van der Waals surface area (Å²) in [7, 11) is 0. The molecule has 0 spiro atoms.